The predicted molar refractivity (Wildman–Crippen MR) is 124 cm³/mol. The Bertz CT molecular complexity index is 1140. The summed E-state index contributed by atoms with van der Waals surface area (Å²) in [5.74, 6) is -0.838. The van der Waals surface area contributed by atoms with Crippen LogP contribution in [0.1, 0.15) is 28.4 Å². The van der Waals surface area contributed by atoms with E-state index in [4.69, 9.17) is 9.47 Å². The standard InChI is InChI=1S/C26H25NO5/c1-17-9-10-18(2)21(15-17)27-26(30)25(20-7-5-4-6-8-20)32-24(29)14-12-19-11-13-22(28)23(16-19)31-3/h4-16,25,28H,1-3H3,(H,27,30)/b14-12+/t25-/m0/s1. The number of aryl methyl sites for hydroxylation is 2. The van der Waals surface area contributed by atoms with Crippen molar-refractivity contribution >= 4 is 23.6 Å². The number of methoxy groups -OCH3 is 1. The highest BCUT2D eigenvalue weighted by Gasteiger charge is 2.24. The van der Waals surface area contributed by atoms with Crippen LogP contribution >= 0.6 is 0 Å². The number of phenolic OH excluding ortho intramolecular Hbond substituents is 1. The maximum atomic E-state index is 13.1. The van der Waals surface area contributed by atoms with E-state index in [1.54, 1.807) is 36.4 Å². The molecule has 0 aliphatic carbocycles. The Kier molecular flexibility index (Phi) is 7.29. The van der Waals surface area contributed by atoms with Crippen LogP contribution in [-0.2, 0) is 14.3 Å². The van der Waals surface area contributed by atoms with Gasteiger partial charge in [0.25, 0.3) is 5.91 Å². The number of hydrogen-bond acceptors (Lipinski definition) is 5. The summed E-state index contributed by atoms with van der Waals surface area (Å²) in [4.78, 5) is 25.6. The molecule has 1 amide bonds. The molecule has 0 fully saturated rings. The fourth-order valence-electron chi connectivity index (χ4n) is 3.09. The summed E-state index contributed by atoms with van der Waals surface area (Å²) < 4.78 is 10.6. The van der Waals surface area contributed by atoms with Crippen LogP contribution in [-0.4, -0.2) is 24.1 Å². The number of phenols is 1. The molecule has 0 saturated heterocycles. The number of amides is 1. The van der Waals surface area contributed by atoms with Crippen molar-refractivity contribution in [2.24, 2.45) is 0 Å². The van der Waals surface area contributed by atoms with Crippen molar-refractivity contribution < 1.29 is 24.2 Å². The Morgan fingerprint density at radius 2 is 1.75 bits per heavy atom. The predicted octanol–water partition coefficient (Wildman–Crippen LogP) is 4.95. The van der Waals surface area contributed by atoms with Crippen LogP contribution in [0, 0.1) is 13.8 Å². The van der Waals surface area contributed by atoms with E-state index in [0.717, 1.165) is 11.1 Å². The minimum atomic E-state index is -1.12. The van der Waals surface area contributed by atoms with E-state index >= 15 is 0 Å². The minimum absolute atomic E-state index is 0.000480. The highest BCUT2D eigenvalue weighted by molar-refractivity contribution is 5.98. The zero-order chi connectivity index (χ0) is 23.1. The molecule has 1 atom stereocenters. The Morgan fingerprint density at radius 1 is 1.00 bits per heavy atom. The van der Waals surface area contributed by atoms with Gasteiger partial charge in [-0.2, -0.15) is 0 Å². The molecule has 0 saturated carbocycles. The van der Waals surface area contributed by atoms with Gasteiger partial charge in [-0.25, -0.2) is 4.79 Å². The van der Waals surface area contributed by atoms with Crippen molar-refractivity contribution in [1.29, 1.82) is 0 Å². The first kappa shape index (κ1) is 22.6. The SMILES string of the molecule is COc1cc(/C=C/C(=O)O[C@H](C(=O)Nc2cc(C)ccc2C)c2ccccc2)ccc1O. The molecular weight excluding hydrogens is 406 g/mol. The van der Waals surface area contributed by atoms with Crippen LogP contribution in [0.4, 0.5) is 5.69 Å². The number of esters is 1. The zero-order valence-electron chi connectivity index (χ0n) is 18.2. The van der Waals surface area contributed by atoms with Crippen molar-refractivity contribution in [3.05, 3.63) is 95.1 Å². The van der Waals surface area contributed by atoms with Crippen LogP contribution < -0.4 is 10.1 Å². The summed E-state index contributed by atoms with van der Waals surface area (Å²) in [5, 5.41) is 12.6. The number of aromatic hydroxyl groups is 1. The van der Waals surface area contributed by atoms with Crippen molar-refractivity contribution in [3.63, 3.8) is 0 Å². The fourth-order valence-corrected chi connectivity index (χ4v) is 3.09. The number of nitrogens with one attached hydrogen (secondary N) is 1. The van der Waals surface area contributed by atoms with Crippen LogP contribution in [0.3, 0.4) is 0 Å². The maximum Gasteiger partial charge on any atom is 0.331 e. The van der Waals surface area contributed by atoms with Crippen molar-refractivity contribution in [1.82, 2.24) is 0 Å². The van der Waals surface area contributed by atoms with Crippen LogP contribution in [0.15, 0.2) is 72.8 Å². The summed E-state index contributed by atoms with van der Waals surface area (Å²) in [5.41, 5.74) is 3.77. The highest BCUT2D eigenvalue weighted by Crippen LogP contribution is 2.27. The zero-order valence-corrected chi connectivity index (χ0v) is 18.2. The molecule has 0 aromatic heterocycles. The average Bonchev–Trinajstić information content (AvgIpc) is 2.79. The summed E-state index contributed by atoms with van der Waals surface area (Å²) in [6.07, 6.45) is 1.63. The smallest absolute Gasteiger partial charge is 0.331 e. The lowest BCUT2D eigenvalue weighted by Crippen LogP contribution is -2.25. The Hall–Kier alpha value is -4.06. The summed E-state index contributed by atoms with van der Waals surface area (Å²) in [6, 6.07) is 19.3. The quantitative estimate of drug-likeness (QED) is 0.408. The van der Waals surface area contributed by atoms with Gasteiger partial charge in [0.2, 0.25) is 6.10 Å². The number of hydrogen-bond donors (Lipinski definition) is 2. The van der Waals surface area contributed by atoms with Crippen LogP contribution in [0.2, 0.25) is 0 Å². The van der Waals surface area contributed by atoms with E-state index in [0.29, 0.717) is 16.8 Å². The number of anilines is 1. The molecule has 0 bridgehead atoms. The number of ether oxygens (including phenoxy) is 2. The first-order chi connectivity index (χ1) is 15.4. The molecule has 0 aliphatic heterocycles. The molecular formula is C26H25NO5. The van der Waals surface area contributed by atoms with Gasteiger partial charge in [0.1, 0.15) is 0 Å². The maximum absolute atomic E-state index is 13.1. The molecule has 6 heteroatoms. The van der Waals surface area contributed by atoms with Gasteiger partial charge in [0.05, 0.1) is 7.11 Å². The van der Waals surface area contributed by atoms with Crippen molar-refractivity contribution in [3.8, 4) is 11.5 Å². The lowest BCUT2D eigenvalue weighted by Gasteiger charge is -2.18. The third-order valence-corrected chi connectivity index (χ3v) is 4.84. The summed E-state index contributed by atoms with van der Waals surface area (Å²) in [7, 11) is 1.44. The Balaban J connectivity index is 1.79. The molecule has 164 valence electrons. The first-order valence-electron chi connectivity index (χ1n) is 10.1. The first-order valence-corrected chi connectivity index (χ1v) is 10.1. The second-order valence-electron chi connectivity index (χ2n) is 7.30. The Morgan fingerprint density at radius 3 is 2.47 bits per heavy atom. The van der Waals surface area contributed by atoms with Gasteiger partial charge >= 0.3 is 5.97 Å². The Labute approximate surface area is 187 Å². The molecule has 0 spiro atoms. The monoisotopic (exact) mass is 431 g/mol. The van der Waals surface area contributed by atoms with Gasteiger partial charge < -0.3 is 19.9 Å². The molecule has 0 heterocycles. The number of carbonyl (C=O) groups excluding carboxylic acids is 2. The van der Waals surface area contributed by atoms with Gasteiger partial charge in [-0.3, -0.25) is 4.79 Å². The van der Waals surface area contributed by atoms with Crippen molar-refractivity contribution in [2.75, 3.05) is 12.4 Å². The average molecular weight is 431 g/mol. The second kappa shape index (κ2) is 10.3. The molecule has 0 unspecified atom stereocenters. The van der Waals surface area contributed by atoms with E-state index in [1.807, 2.05) is 38.1 Å². The lowest BCUT2D eigenvalue weighted by molar-refractivity contribution is -0.149. The van der Waals surface area contributed by atoms with Gasteiger partial charge in [0, 0.05) is 17.3 Å². The van der Waals surface area contributed by atoms with Gasteiger partial charge in [-0.1, -0.05) is 48.5 Å². The topological polar surface area (TPSA) is 84.9 Å². The van der Waals surface area contributed by atoms with E-state index in [2.05, 4.69) is 5.32 Å². The highest BCUT2D eigenvalue weighted by atomic mass is 16.5. The number of carbonyl (C=O) groups is 2. The third-order valence-electron chi connectivity index (χ3n) is 4.84. The van der Waals surface area contributed by atoms with Crippen LogP contribution in [0.25, 0.3) is 6.08 Å². The second-order valence-corrected chi connectivity index (χ2v) is 7.30. The number of rotatable bonds is 7. The van der Waals surface area contributed by atoms with E-state index in [9.17, 15) is 14.7 Å². The fraction of sp³-hybridized carbons (Fsp3) is 0.154. The van der Waals surface area contributed by atoms with E-state index < -0.39 is 18.0 Å². The van der Waals surface area contributed by atoms with Crippen molar-refractivity contribution in [2.45, 2.75) is 20.0 Å². The summed E-state index contributed by atoms with van der Waals surface area (Å²) in [6.45, 7) is 3.83. The van der Waals surface area contributed by atoms with Gasteiger partial charge in [0.15, 0.2) is 11.5 Å². The molecule has 3 aromatic rings. The molecule has 2 N–H and O–H groups in total. The third kappa shape index (κ3) is 5.76. The molecule has 3 rings (SSSR count). The molecule has 6 nitrogen and oxygen atoms in total. The minimum Gasteiger partial charge on any atom is -0.504 e. The molecule has 32 heavy (non-hydrogen) atoms. The van der Waals surface area contributed by atoms with Gasteiger partial charge in [-0.15, -0.1) is 0 Å². The molecule has 3 aromatic carbocycles. The number of benzene rings is 3. The molecule has 0 radical (unpaired) electrons. The normalized spacial score (nSPS) is 11.7. The lowest BCUT2D eigenvalue weighted by atomic mass is 10.1. The summed E-state index contributed by atoms with van der Waals surface area (Å²) >= 11 is 0. The molecule has 0 aliphatic rings. The largest absolute Gasteiger partial charge is 0.504 e. The van der Waals surface area contributed by atoms with E-state index in [-0.39, 0.29) is 11.5 Å². The van der Waals surface area contributed by atoms with Crippen LogP contribution in [0.5, 0.6) is 11.5 Å². The van der Waals surface area contributed by atoms with E-state index in [1.165, 1.54) is 25.3 Å². The van der Waals surface area contributed by atoms with Gasteiger partial charge in [-0.05, 0) is 54.8 Å².